The topological polar surface area (TPSA) is 81.6 Å². The number of hydrogen-bond acceptors (Lipinski definition) is 5. The van der Waals surface area contributed by atoms with E-state index in [1.165, 1.54) is 5.00 Å². The second kappa shape index (κ2) is 11.1. The molecule has 0 aliphatic carbocycles. The Morgan fingerprint density at radius 3 is 2.78 bits per heavy atom. The van der Waals surface area contributed by atoms with Crippen LogP contribution in [0, 0.1) is 0 Å². The van der Waals surface area contributed by atoms with E-state index in [9.17, 15) is 4.79 Å². The molecule has 1 saturated heterocycles. The van der Waals surface area contributed by atoms with Gasteiger partial charge in [0.25, 0.3) is 0 Å². The van der Waals surface area contributed by atoms with E-state index in [0.29, 0.717) is 17.7 Å². The number of pyridine rings is 1. The highest BCUT2D eigenvalue weighted by Gasteiger charge is 2.20. The van der Waals surface area contributed by atoms with Crippen LogP contribution in [0.5, 0.6) is 0 Å². The van der Waals surface area contributed by atoms with Crippen molar-refractivity contribution in [1.82, 2.24) is 15.6 Å². The maximum atomic E-state index is 12.0. The largest absolute Gasteiger partial charge is 0.363 e. The van der Waals surface area contributed by atoms with Gasteiger partial charge in [-0.05, 0) is 42.5 Å². The van der Waals surface area contributed by atoms with Crippen LogP contribution >= 0.6 is 35.3 Å². The lowest BCUT2D eigenvalue weighted by atomic mass is 10.1. The molecule has 0 aromatic carbocycles. The maximum absolute atomic E-state index is 12.0. The number of nitrogens with one attached hydrogen (secondary N) is 3. The van der Waals surface area contributed by atoms with Crippen LogP contribution in [0.25, 0.3) is 0 Å². The van der Waals surface area contributed by atoms with Crippen molar-refractivity contribution < 1.29 is 4.79 Å². The SMILES string of the molecule is CN=C(NCC(=O)Nc1cccnc1)NC1CCN(c2cccs2)CC1.I. The molecular weight excluding hydrogens is 475 g/mol. The van der Waals surface area contributed by atoms with Crippen LogP contribution in [0.3, 0.4) is 0 Å². The molecule has 9 heteroatoms. The van der Waals surface area contributed by atoms with Crippen molar-refractivity contribution in [3.63, 3.8) is 0 Å². The molecule has 0 radical (unpaired) electrons. The number of nitrogens with zero attached hydrogens (tertiary/aromatic N) is 3. The van der Waals surface area contributed by atoms with Gasteiger partial charge in [0.2, 0.25) is 5.91 Å². The van der Waals surface area contributed by atoms with Crippen molar-refractivity contribution in [3.8, 4) is 0 Å². The van der Waals surface area contributed by atoms with Crippen molar-refractivity contribution >= 4 is 57.9 Å². The summed E-state index contributed by atoms with van der Waals surface area (Å²) in [5.41, 5.74) is 0.684. The quantitative estimate of drug-likeness (QED) is 0.334. The Morgan fingerprint density at radius 1 is 1.33 bits per heavy atom. The third-order valence-corrected chi connectivity index (χ3v) is 5.17. The van der Waals surface area contributed by atoms with Crippen LogP contribution in [-0.2, 0) is 4.79 Å². The lowest BCUT2D eigenvalue weighted by molar-refractivity contribution is -0.115. The summed E-state index contributed by atoms with van der Waals surface area (Å²) in [6.07, 6.45) is 5.37. The molecule has 3 heterocycles. The summed E-state index contributed by atoms with van der Waals surface area (Å²) in [5, 5.41) is 12.7. The van der Waals surface area contributed by atoms with Gasteiger partial charge >= 0.3 is 0 Å². The first kappa shape index (κ1) is 21.4. The van der Waals surface area contributed by atoms with E-state index in [4.69, 9.17) is 0 Å². The first-order chi connectivity index (χ1) is 12.7. The minimum atomic E-state index is -0.131. The number of halogens is 1. The van der Waals surface area contributed by atoms with Gasteiger partial charge in [0.15, 0.2) is 5.96 Å². The minimum Gasteiger partial charge on any atom is -0.363 e. The minimum absolute atomic E-state index is 0. The van der Waals surface area contributed by atoms with Crippen LogP contribution in [-0.4, -0.2) is 49.6 Å². The number of carbonyl (C=O) groups is 1. The number of aromatic nitrogens is 1. The first-order valence-corrected chi connectivity index (χ1v) is 9.58. The molecule has 3 N–H and O–H groups in total. The zero-order valence-electron chi connectivity index (χ0n) is 15.2. The number of rotatable bonds is 5. The fraction of sp³-hybridized carbons (Fsp3) is 0.389. The molecule has 1 fully saturated rings. The highest BCUT2D eigenvalue weighted by molar-refractivity contribution is 14.0. The van der Waals surface area contributed by atoms with E-state index in [1.807, 2.05) is 0 Å². The van der Waals surface area contributed by atoms with Crippen molar-refractivity contribution in [3.05, 3.63) is 42.0 Å². The van der Waals surface area contributed by atoms with Crippen LogP contribution in [0.4, 0.5) is 10.7 Å². The van der Waals surface area contributed by atoms with E-state index in [0.717, 1.165) is 25.9 Å². The standard InChI is InChI=1S/C18H24N6OS.HI/c1-19-18(21-13-16(25)22-15-4-2-8-20-12-15)23-14-6-9-24(10-7-14)17-5-3-11-26-17;/h2-5,8,11-12,14H,6-7,9-10,13H2,1H3,(H,22,25)(H2,19,21,23);1H. The van der Waals surface area contributed by atoms with Gasteiger partial charge in [0.1, 0.15) is 0 Å². The number of hydrogen-bond donors (Lipinski definition) is 3. The summed E-state index contributed by atoms with van der Waals surface area (Å²) < 4.78 is 0. The predicted octanol–water partition coefficient (Wildman–Crippen LogP) is 2.53. The van der Waals surface area contributed by atoms with E-state index in [2.05, 4.69) is 48.3 Å². The zero-order valence-corrected chi connectivity index (χ0v) is 18.4. The number of carbonyl (C=O) groups excluding carboxylic acids is 1. The number of piperidine rings is 1. The highest BCUT2D eigenvalue weighted by atomic mass is 127. The van der Waals surface area contributed by atoms with Gasteiger partial charge in [-0.1, -0.05) is 0 Å². The number of guanidine groups is 1. The average Bonchev–Trinajstić information content (AvgIpc) is 3.21. The van der Waals surface area contributed by atoms with E-state index in [1.54, 1.807) is 42.9 Å². The molecule has 0 unspecified atom stereocenters. The smallest absolute Gasteiger partial charge is 0.243 e. The highest BCUT2D eigenvalue weighted by Crippen LogP contribution is 2.24. The molecule has 1 amide bonds. The molecule has 1 aliphatic rings. The molecule has 146 valence electrons. The second-order valence-electron chi connectivity index (χ2n) is 6.07. The maximum Gasteiger partial charge on any atom is 0.243 e. The molecule has 0 spiro atoms. The lowest BCUT2D eigenvalue weighted by Gasteiger charge is -2.33. The predicted molar refractivity (Wildman–Crippen MR) is 122 cm³/mol. The zero-order chi connectivity index (χ0) is 18.2. The van der Waals surface area contributed by atoms with Crippen LogP contribution in [0.2, 0.25) is 0 Å². The van der Waals surface area contributed by atoms with Gasteiger partial charge < -0.3 is 20.9 Å². The summed E-state index contributed by atoms with van der Waals surface area (Å²) in [6, 6.07) is 8.21. The fourth-order valence-electron chi connectivity index (χ4n) is 2.89. The van der Waals surface area contributed by atoms with Crippen molar-refractivity contribution in [1.29, 1.82) is 0 Å². The normalized spacial score (nSPS) is 15.0. The Labute approximate surface area is 180 Å². The summed E-state index contributed by atoms with van der Waals surface area (Å²) in [7, 11) is 1.72. The van der Waals surface area contributed by atoms with Crippen molar-refractivity contribution in [2.45, 2.75) is 18.9 Å². The van der Waals surface area contributed by atoms with Gasteiger partial charge in [-0.25, -0.2) is 0 Å². The number of aliphatic imine (C=N–C) groups is 1. The molecule has 1 aliphatic heterocycles. The van der Waals surface area contributed by atoms with Gasteiger partial charge in [0, 0.05) is 32.4 Å². The first-order valence-electron chi connectivity index (χ1n) is 8.70. The van der Waals surface area contributed by atoms with Crippen LogP contribution < -0.4 is 20.9 Å². The van der Waals surface area contributed by atoms with Gasteiger partial charge in [-0.2, -0.15) is 0 Å². The second-order valence-corrected chi connectivity index (χ2v) is 7.00. The van der Waals surface area contributed by atoms with Crippen LogP contribution in [0.1, 0.15) is 12.8 Å². The molecular formula is C18H25IN6OS. The Balaban J connectivity index is 0.00000261. The number of thiophene rings is 1. The summed E-state index contributed by atoms with van der Waals surface area (Å²) in [4.78, 5) is 22.6. The lowest BCUT2D eigenvalue weighted by Crippen LogP contribution is -2.49. The van der Waals surface area contributed by atoms with Gasteiger partial charge in [-0.15, -0.1) is 35.3 Å². The number of amides is 1. The molecule has 27 heavy (non-hydrogen) atoms. The molecule has 7 nitrogen and oxygen atoms in total. The third-order valence-electron chi connectivity index (χ3n) is 4.24. The Morgan fingerprint density at radius 2 is 2.15 bits per heavy atom. The van der Waals surface area contributed by atoms with E-state index < -0.39 is 0 Å². The fourth-order valence-corrected chi connectivity index (χ4v) is 3.67. The number of anilines is 2. The summed E-state index contributed by atoms with van der Waals surface area (Å²) in [6.45, 7) is 2.20. The Bertz CT molecular complexity index is 717. The van der Waals surface area contributed by atoms with E-state index in [-0.39, 0.29) is 36.4 Å². The van der Waals surface area contributed by atoms with E-state index >= 15 is 0 Å². The van der Waals surface area contributed by atoms with Gasteiger partial charge in [0.05, 0.1) is 23.4 Å². The summed E-state index contributed by atoms with van der Waals surface area (Å²) in [5.74, 6) is 0.523. The third kappa shape index (κ3) is 6.65. The summed E-state index contributed by atoms with van der Waals surface area (Å²) >= 11 is 1.78. The molecule has 2 aromatic heterocycles. The Hall–Kier alpha value is -1.88. The molecule has 0 bridgehead atoms. The molecule has 2 aromatic rings. The van der Waals surface area contributed by atoms with Crippen molar-refractivity contribution in [2.75, 3.05) is 36.9 Å². The molecule has 0 saturated carbocycles. The molecule has 3 rings (SSSR count). The van der Waals surface area contributed by atoms with Gasteiger partial charge in [-0.3, -0.25) is 14.8 Å². The van der Waals surface area contributed by atoms with Crippen molar-refractivity contribution in [2.24, 2.45) is 4.99 Å². The average molecular weight is 500 g/mol. The molecule has 0 atom stereocenters. The Kier molecular flexibility index (Phi) is 8.79. The monoisotopic (exact) mass is 500 g/mol. The van der Waals surface area contributed by atoms with Crippen LogP contribution in [0.15, 0.2) is 47.0 Å².